The molecule has 0 unspecified atom stereocenters. The highest BCUT2D eigenvalue weighted by molar-refractivity contribution is 5.69. The fourth-order valence-corrected chi connectivity index (χ4v) is 1.04. The lowest BCUT2D eigenvalue weighted by atomic mass is 10.3. The van der Waals surface area contributed by atoms with E-state index >= 15 is 0 Å². The Kier molecular flexibility index (Phi) is 11.0. The van der Waals surface area contributed by atoms with Crippen LogP contribution in [-0.4, -0.2) is 39.4 Å². The standard InChI is InChI=1S/C11H23NO3/c1-3-4-8-14-9-10-15-11(13)6-5-7-12-2/h12H,3-10H2,1-2H3. The van der Waals surface area contributed by atoms with Crippen molar-refractivity contribution in [1.82, 2.24) is 5.32 Å². The Morgan fingerprint density at radius 2 is 2.00 bits per heavy atom. The van der Waals surface area contributed by atoms with Crippen LogP contribution in [0.5, 0.6) is 0 Å². The normalized spacial score (nSPS) is 10.3. The Morgan fingerprint density at radius 3 is 2.67 bits per heavy atom. The topological polar surface area (TPSA) is 47.6 Å². The molecule has 4 heteroatoms. The number of hydrogen-bond acceptors (Lipinski definition) is 4. The molecule has 0 aliphatic carbocycles. The Labute approximate surface area is 92.3 Å². The molecule has 0 aromatic heterocycles. The highest BCUT2D eigenvalue weighted by Crippen LogP contribution is 1.92. The highest BCUT2D eigenvalue weighted by atomic mass is 16.6. The monoisotopic (exact) mass is 217 g/mol. The molecule has 0 spiro atoms. The summed E-state index contributed by atoms with van der Waals surface area (Å²) in [6, 6.07) is 0. The lowest BCUT2D eigenvalue weighted by Gasteiger charge is -2.05. The van der Waals surface area contributed by atoms with Crippen molar-refractivity contribution >= 4 is 5.97 Å². The van der Waals surface area contributed by atoms with Crippen molar-refractivity contribution < 1.29 is 14.3 Å². The minimum atomic E-state index is -0.135. The Balaban J connectivity index is 3.10. The first-order valence-corrected chi connectivity index (χ1v) is 5.69. The molecule has 0 aliphatic rings. The molecular formula is C11H23NO3. The maximum Gasteiger partial charge on any atom is 0.305 e. The second-order valence-corrected chi connectivity index (χ2v) is 3.39. The molecule has 0 rings (SSSR count). The maximum absolute atomic E-state index is 11.1. The number of carbonyl (C=O) groups excluding carboxylic acids is 1. The van der Waals surface area contributed by atoms with Gasteiger partial charge < -0.3 is 14.8 Å². The second kappa shape index (κ2) is 11.5. The van der Waals surface area contributed by atoms with Crippen LogP contribution in [-0.2, 0) is 14.3 Å². The van der Waals surface area contributed by atoms with Crippen LogP contribution in [0.15, 0.2) is 0 Å². The lowest BCUT2D eigenvalue weighted by Crippen LogP contribution is -2.14. The number of hydrogen-bond donors (Lipinski definition) is 1. The Hall–Kier alpha value is -0.610. The van der Waals surface area contributed by atoms with Crippen molar-refractivity contribution in [1.29, 1.82) is 0 Å². The van der Waals surface area contributed by atoms with E-state index in [1.807, 2.05) is 7.05 Å². The molecule has 0 aromatic rings. The zero-order valence-electron chi connectivity index (χ0n) is 9.88. The van der Waals surface area contributed by atoms with Gasteiger partial charge in [0.1, 0.15) is 6.61 Å². The Morgan fingerprint density at radius 1 is 1.20 bits per heavy atom. The molecule has 15 heavy (non-hydrogen) atoms. The van der Waals surface area contributed by atoms with E-state index in [4.69, 9.17) is 9.47 Å². The summed E-state index contributed by atoms with van der Waals surface area (Å²) in [5.74, 6) is -0.135. The van der Waals surface area contributed by atoms with Gasteiger partial charge in [-0.1, -0.05) is 13.3 Å². The van der Waals surface area contributed by atoms with Gasteiger partial charge in [-0.3, -0.25) is 4.79 Å². The molecule has 0 radical (unpaired) electrons. The molecule has 0 saturated heterocycles. The van der Waals surface area contributed by atoms with Crippen molar-refractivity contribution in [3.05, 3.63) is 0 Å². The van der Waals surface area contributed by atoms with Crippen LogP contribution in [0.25, 0.3) is 0 Å². The average molecular weight is 217 g/mol. The molecule has 90 valence electrons. The number of carbonyl (C=O) groups is 1. The van der Waals surface area contributed by atoms with Crippen molar-refractivity contribution in [2.45, 2.75) is 32.6 Å². The van der Waals surface area contributed by atoms with Gasteiger partial charge in [0.25, 0.3) is 0 Å². The van der Waals surface area contributed by atoms with E-state index in [1.165, 1.54) is 0 Å². The SMILES string of the molecule is CCCCOCCOC(=O)CCCNC. The summed E-state index contributed by atoms with van der Waals surface area (Å²) in [6.07, 6.45) is 3.50. The van der Waals surface area contributed by atoms with Gasteiger partial charge in [-0.25, -0.2) is 0 Å². The van der Waals surface area contributed by atoms with Crippen LogP contribution in [0.1, 0.15) is 32.6 Å². The summed E-state index contributed by atoms with van der Waals surface area (Å²) in [5.41, 5.74) is 0. The van der Waals surface area contributed by atoms with Crippen LogP contribution in [0.2, 0.25) is 0 Å². The van der Waals surface area contributed by atoms with Gasteiger partial charge in [-0.2, -0.15) is 0 Å². The Bertz CT molecular complexity index is 151. The average Bonchev–Trinajstić information content (AvgIpc) is 2.23. The van der Waals surface area contributed by atoms with E-state index in [0.29, 0.717) is 19.6 Å². The van der Waals surface area contributed by atoms with Crippen molar-refractivity contribution in [3.8, 4) is 0 Å². The van der Waals surface area contributed by atoms with Crippen molar-refractivity contribution in [2.75, 3.05) is 33.4 Å². The van der Waals surface area contributed by atoms with Crippen LogP contribution in [0.4, 0.5) is 0 Å². The largest absolute Gasteiger partial charge is 0.463 e. The van der Waals surface area contributed by atoms with Crippen molar-refractivity contribution in [3.63, 3.8) is 0 Å². The fraction of sp³-hybridized carbons (Fsp3) is 0.909. The van der Waals surface area contributed by atoms with E-state index in [9.17, 15) is 4.79 Å². The summed E-state index contributed by atoms with van der Waals surface area (Å²) in [4.78, 5) is 11.1. The number of nitrogens with one attached hydrogen (secondary N) is 1. The highest BCUT2D eigenvalue weighted by Gasteiger charge is 2.01. The van der Waals surface area contributed by atoms with Gasteiger partial charge in [0.2, 0.25) is 0 Å². The molecule has 0 heterocycles. The molecule has 4 nitrogen and oxygen atoms in total. The van der Waals surface area contributed by atoms with Crippen LogP contribution in [0, 0.1) is 0 Å². The summed E-state index contributed by atoms with van der Waals surface area (Å²) in [6.45, 7) is 4.61. The molecule has 0 saturated carbocycles. The minimum absolute atomic E-state index is 0.135. The third-order valence-corrected chi connectivity index (χ3v) is 1.94. The number of unbranched alkanes of at least 4 members (excludes halogenated alkanes) is 1. The van der Waals surface area contributed by atoms with Gasteiger partial charge in [-0.05, 0) is 26.4 Å². The number of esters is 1. The summed E-state index contributed by atoms with van der Waals surface area (Å²) >= 11 is 0. The molecule has 0 aromatic carbocycles. The van der Waals surface area contributed by atoms with Gasteiger partial charge in [0, 0.05) is 13.0 Å². The quantitative estimate of drug-likeness (QED) is 0.443. The fourth-order valence-electron chi connectivity index (χ4n) is 1.04. The predicted molar refractivity (Wildman–Crippen MR) is 59.8 cm³/mol. The van der Waals surface area contributed by atoms with E-state index in [-0.39, 0.29) is 5.97 Å². The summed E-state index contributed by atoms with van der Waals surface area (Å²) in [5, 5.41) is 2.98. The third kappa shape index (κ3) is 11.3. The lowest BCUT2D eigenvalue weighted by molar-refractivity contribution is -0.145. The number of rotatable bonds is 10. The molecule has 0 atom stereocenters. The van der Waals surface area contributed by atoms with E-state index in [0.717, 1.165) is 32.4 Å². The molecule has 0 fully saturated rings. The first kappa shape index (κ1) is 14.4. The van der Waals surface area contributed by atoms with E-state index in [1.54, 1.807) is 0 Å². The first-order valence-electron chi connectivity index (χ1n) is 5.69. The minimum Gasteiger partial charge on any atom is -0.463 e. The van der Waals surface area contributed by atoms with Crippen LogP contribution < -0.4 is 5.32 Å². The van der Waals surface area contributed by atoms with Gasteiger partial charge in [-0.15, -0.1) is 0 Å². The van der Waals surface area contributed by atoms with E-state index < -0.39 is 0 Å². The van der Waals surface area contributed by atoms with Gasteiger partial charge >= 0.3 is 5.97 Å². The van der Waals surface area contributed by atoms with E-state index in [2.05, 4.69) is 12.2 Å². The predicted octanol–water partition coefficient (Wildman–Crippen LogP) is 1.35. The summed E-state index contributed by atoms with van der Waals surface area (Å²) in [7, 11) is 1.87. The third-order valence-electron chi connectivity index (χ3n) is 1.94. The van der Waals surface area contributed by atoms with Gasteiger partial charge in [0.15, 0.2) is 0 Å². The second-order valence-electron chi connectivity index (χ2n) is 3.39. The summed E-state index contributed by atoms with van der Waals surface area (Å²) < 4.78 is 10.2. The first-order chi connectivity index (χ1) is 7.31. The molecule has 0 aliphatic heterocycles. The zero-order chi connectivity index (χ0) is 11.4. The number of ether oxygens (including phenoxy) is 2. The van der Waals surface area contributed by atoms with Crippen molar-refractivity contribution in [2.24, 2.45) is 0 Å². The smallest absolute Gasteiger partial charge is 0.305 e. The molecule has 0 amide bonds. The van der Waals surface area contributed by atoms with Crippen LogP contribution in [0.3, 0.4) is 0 Å². The van der Waals surface area contributed by atoms with Crippen LogP contribution >= 0.6 is 0 Å². The van der Waals surface area contributed by atoms with Gasteiger partial charge in [0.05, 0.1) is 6.61 Å². The molecule has 1 N–H and O–H groups in total. The molecule has 0 bridgehead atoms. The molecular weight excluding hydrogens is 194 g/mol. The zero-order valence-corrected chi connectivity index (χ0v) is 9.88. The maximum atomic E-state index is 11.1.